The summed E-state index contributed by atoms with van der Waals surface area (Å²) < 4.78 is 20.5. The summed E-state index contributed by atoms with van der Waals surface area (Å²) in [5, 5.41) is 19.5. The summed E-state index contributed by atoms with van der Waals surface area (Å²) in [6.07, 6.45) is 9.94. The van der Waals surface area contributed by atoms with Crippen molar-refractivity contribution in [1.29, 1.82) is 0 Å². The van der Waals surface area contributed by atoms with Crippen LogP contribution >= 0.6 is 63.7 Å². The number of ether oxygens (including phenoxy) is 3. The van der Waals surface area contributed by atoms with Crippen LogP contribution in [0.15, 0.2) is 42.2 Å². The van der Waals surface area contributed by atoms with E-state index in [1.165, 1.54) is 17.5 Å². The number of hydrogen-bond acceptors (Lipinski definition) is 5. The predicted molar refractivity (Wildman–Crippen MR) is 160 cm³/mol. The van der Waals surface area contributed by atoms with Crippen LogP contribution in [0, 0.1) is 18.3 Å². The Morgan fingerprint density at radius 3 is 1.81 bits per heavy atom. The summed E-state index contributed by atoms with van der Waals surface area (Å²) in [5.74, 6) is 3.81. The molecule has 5 nitrogen and oxygen atoms in total. The van der Waals surface area contributed by atoms with E-state index in [0.29, 0.717) is 12.4 Å². The van der Waals surface area contributed by atoms with Crippen LogP contribution in [0.25, 0.3) is 0 Å². The van der Waals surface area contributed by atoms with E-state index < -0.39 is 6.10 Å². The number of hydrogen-bond donors (Lipinski definition) is 2. The molecule has 3 rings (SSSR count). The molecule has 0 aliphatic heterocycles. The van der Waals surface area contributed by atoms with Crippen molar-refractivity contribution in [1.82, 2.24) is 0 Å². The third-order valence-electron chi connectivity index (χ3n) is 6.55. The van der Waals surface area contributed by atoms with Crippen molar-refractivity contribution in [3.05, 3.63) is 53.3 Å². The molecule has 0 saturated heterocycles. The van der Waals surface area contributed by atoms with Crippen molar-refractivity contribution in [3.63, 3.8) is 0 Å². The average molecular weight is 768 g/mol. The minimum Gasteiger partial charge on any atom is -0.491 e. The van der Waals surface area contributed by atoms with Gasteiger partial charge in [0.1, 0.15) is 30.8 Å². The first-order chi connectivity index (χ1) is 17.7. The minimum atomic E-state index is -0.785. The zero-order valence-corrected chi connectivity index (χ0v) is 27.1. The lowest BCUT2D eigenvalue weighted by Gasteiger charge is -2.39. The Bertz CT molecular complexity index is 1050. The van der Waals surface area contributed by atoms with Crippen LogP contribution in [0.2, 0.25) is 0 Å². The number of aliphatic hydroxyl groups is 2. The number of halogens is 4. The fourth-order valence-electron chi connectivity index (χ4n) is 4.61. The first-order valence-electron chi connectivity index (χ1n) is 12.3. The van der Waals surface area contributed by atoms with E-state index in [1.54, 1.807) is 0 Å². The van der Waals surface area contributed by atoms with Crippen molar-refractivity contribution in [2.45, 2.75) is 50.5 Å². The Morgan fingerprint density at radius 2 is 1.35 bits per heavy atom. The Balaban J connectivity index is 1.90. The number of terminal acetylenes is 1. The highest BCUT2D eigenvalue weighted by molar-refractivity contribution is 9.11. The van der Waals surface area contributed by atoms with Crippen LogP contribution < -0.4 is 9.47 Å². The van der Waals surface area contributed by atoms with Gasteiger partial charge in [-0.2, -0.15) is 0 Å². The van der Waals surface area contributed by atoms with Crippen molar-refractivity contribution in [2.24, 2.45) is 5.92 Å². The molecule has 0 spiro atoms. The smallest absolute Gasteiger partial charge is 0.147 e. The second-order valence-corrected chi connectivity index (χ2v) is 12.9. The van der Waals surface area contributed by atoms with Gasteiger partial charge in [0.25, 0.3) is 0 Å². The van der Waals surface area contributed by atoms with Crippen molar-refractivity contribution < 1.29 is 24.4 Å². The molecule has 1 aliphatic rings. The number of rotatable bonds is 12. The lowest BCUT2D eigenvalue weighted by atomic mass is 9.65. The molecule has 0 aromatic heterocycles. The molecule has 2 aromatic rings. The van der Waals surface area contributed by atoms with Gasteiger partial charge in [0.15, 0.2) is 0 Å². The number of benzene rings is 2. The van der Waals surface area contributed by atoms with Crippen molar-refractivity contribution in [2.75, 3.05) is 33.0 Å². The van der Waals surface area contributed by atoms with Gasteiger partial charge in [0.2, 0.25) is 0 Å². The largest absolute Gasteiger partial charge is 0.491 e. The van der Waals surface area contributed by atoms with E-state index in [-0.39, 0.29) is 37.8 Å². The van der Waals surface area contributed by atoms with Crippen molar-refractivity contribution >= 4 is 63.7 Å². The summed E-state index contributed by atoms with van der Waals surface area (Å²) in [7, 11) is 0. The maximum absolute atomic E-state index is 10.1. The van der Waals surface area contributed by atoms with Crippen LogP contribution in [-0.4, -0.2) is 49.4 Å². The normalized spacial score (nSPS) is 16.6. The van der Waals surface area contributed by atoms with Crippen LogP contribution in [0.5, 0.6) is 11.5 Å². The molecule has 202 valence electrons. The maximum atomic E-state index is 10.1. The Morgan fingerprint density at radius 1 is 0.865 bits per heavy atom. The molecule has 37 heavy (non-hydrogen) atoms. The van der Waals surface area contributed by atoms with Crippen molar-refractivity contribution in [3.8, 4) is 23.8 Å². The molecule has 0 amide bonds. The molecule has 2 atom stereocenters. The zero-order valence-electron chi connectivity index (χ0n) is 20.7. The van der Waals surface area contributed by atoms with E-state index >= 15 is 0 Å². The lowest BCUT2D eigenvalue weighted by Crippen LogP contribution is -2.31. The zero-order chi connectivity index (χ0) is 27.0. The van der Waals surface area contributed by atoms with Crippen LogP contribution in [0.3, 0.4) is 0 Å². The molecule has 2 unspecified atom stereocenters. The summed E-state index contributed by atoms with van der Waals surface area (Å²) in [6.45, 7) is 2.82. The summed E-state index contributed by atoms with van der Waals surface area (Å²) in [5.41, 5.74) is 2.23. The van der Waals surface area contributed by atoms with E-state index in [0.717, 1.165) is 49.3 Å². The minimum absolute atomic E-state index is 0.0511. The maximum Gasteiger partial charge on any atom is 0.147 e. The molecular formula is C28H32Br4O5. The molecule has 0 radical (unpaired) electrons. The SMILES string of the molecule is C#CCOCC(O)COc1c(Br)cc(C2(c3cc(Br)c(OCC(C)CO)c(Br)c3)CCCCC2)cc1Br. The Labute approximate surface area is 253 Å². The third-order valence-corrected chi connectivity index (χ3v) is 8.90. The first-order valence-corrected chi connectivity index (χ1v) is 15.4. The highest BCUT2D eigenvalue weighted by atomic mass is 79.9. The Hall–Kier alpha value is -0.600. The molecular weight excluding hydrogens is 736 g/mol. The monoisotopic (exact) mass is 764 g/mol. The van der Waals surface area contributed by atoms with Gasteiger partial charge in [-0.25, -0.2) is 0 Å². The molecule has 0 heterocycles. The molecule has 0 bridgehead atoms. The third kappa shape index (κ3) is 7.97. The quantitative estimate of drug-likeness (QED) is 0.174. The topological polar surface area (TPSA) is 68.2 Å². The second kappa shape index (κ2) is 14.7. The predicted octanol–water partition coefficient (Wildman–Crippen LogP) is 7.38. The first kappa shape index (κ1) is 30.9. The van der Waals surface area contributed by atoms with Gasteiger partial charge in [-0.3, -0.25) is 0 Å². The van der Waals surface area contributed by atoms with Crippen LogP contribution in [0.4, 0.5) is 0 Å². The molecule has 1 fully saturated rings. The van der Waals surface area contributed by atoms with Gasteiger partial charge in [-0.15, -0.1) is 6.42 Å². The molecule has 2 N–H and O–H groups in total. The average Bonchev–Trinajstić information content (AvgIpc) is 2.87. The molecule has 2 aromatic carbocycles. The highest BCUT2D eigenvalue weighted by Gasteiger charge is 2.37. The van der Waals surface area contributed by atoms with Gasteiger partial charge in [-0.1, -0.05) is 32.1 Å². The van der Waals surface area contributed by atoms with E-state index in [4.69, 9.17) is 20.6 Å². The number of aliphatic hydroxyl groups excluding tert-OH is 2. The van der Waals surface area contributed by atoms with Gasteiger partial charge in [0, 0.05) is 17.9 Å². The van der Waals surface area contributed by atoms with Crippen LogP contribution in [0.1, 0.15) is 50.2 Å². The molecule has 1 saturated carbocycles. The van der Waals surface area contributed by atoms with Gasteiger partial charge in [0.05, 0.1) is 31.1 Å². The molecule has 1 aliphatic carbocycles. The van der Waals surface area contributed by atoms with Gasteiger partial charge < -0.3 is 24.4 Å². The fraction of sp³-hybridized carbons (Fsp3) is 0.500. The highest BCUT2D eigenvalue weighted by Crippen LogP contribution is 2.50. The van der Waals surface area contributed by atoms with E-state index in [2.05, 4.69) is 93.9 Å². The van der Waals surface area contributed by atoms with Gasteiger partial charge >= 0.3 is 0 Å². The summed E-state index contributed by atoms with van der Waals surface area (Å²) in [6, 6.07) is 8.57. The Kier molecular flexibility index (Phi) is 12.3. The van der Waals surface area contributed by atoms with Crippen LogP contribution in [-0.2, 0) is 10.2 Å². The second-order valence-electron chi connectivity index (χ2n) is 9.46. The van der Waals surface area contributed by atoms with E-state index in [9.17, 15) is 10.2 Å². The summed E-state index contributed by atoms with van der Waals surface area (Å²) >= 11 is 14.9. The lowest BCUT2D eigenvalue weighted by molar-refractivity contribution is 0.0225. The molecule has 9 heteroatoms. The standard InChI is InChI=1S/C28H32Br4O5/c1-3-9-35-16-21(34)17-37-27-24(31)12-20(13-25(27)32)28(7-5-4-6-8-28)19-10-22(29)26(23(30)11-19)36-15-18(2)14-33/h1,10-13,18,21,33-34H,4-9,14-17H2,2H3. The fourth-order valence-corrected chi connectivity index (χ4v) is 7.44. The van der Waals surface area contributed by atoms with Gasteiger partial charge in [-0.05, 0) is 112 Å². The van der Waals surface area contributed by atoms with E-state index in [1.807, 2.05) is 6.92 Å². The summed E-state index contributed by atoms with van der Waals surface area (Å²) in [4.78, 5) is 0.